The van der Waals surface area contributed by atoms with E-state index < -0.39 is 0 Å². The van der Waals surface area contributed by atoms with Gasteiger partial charge in [0.15, 0.2) is 0 Å². The van der Waals surface area contributed by atoms with Gasteiger partial charge >= 0.3 is 0 Å². The van der Waals surface area contributed by atoms with Crippen molar-refractivity contribution in [3.8, 4) is 11.5 Å². The number of amides is 1. The van der Waals surface area contributed by atoms with Crippen molar-refractivity contribution < 1.29 is 9.32 Å². The topological polar surface area (TPSA) is 85.0 Å². The van der Waals surface area contributed by atoms with E-state index in [-0.39, 0.29) is 5.91 Å². The molecule has 0 saturated carbocycles. The summed E-state index contributed by atoms with van der Waals surface area (Å²) >= 11 is 1.69. The molecule has 1 amide bonds. The van der Waals surface area contributed by atoms with Crippen molar-refractivity contribution >= 4 is 17.2 Å². The molecule has 3 aromatic heterocycles. The maximum absolute atomic E-state index is 12.6. The summed E-state index contributed by atoms with van der Waals surface area (Å²) in [6, 6.07) is 5.54. The van der Waals surface area contributed by atoms with Gasteiger partial charge in [-0.15, -0.1) is 11.3 Å². The number of nitrogens with zero attached hydrogens (tertiary/aromatic N) is 5. The number of rotatable bonds is 5. The number of thiazole rings is 1. The van der Waals surface area contributed by atoms with Crippen molar-refractivity contribution in [1.82, 2.24) is 25.0 Å². The summed E-state index contributed by atoms with van der Waals surface area (Å²) in [7, 11) is 0. The van der Waals surface area contributed by atoms with Gasteiger partial charge in [0.1, 0.15) is 5.69 Å². The second kappa shape index (κ2) is 7.96. The van der Waals surface area contributed by atoms with Gasteiger partial charge in [0.25, 0.3) is 0 Å². The van der Waals surface area contributed by atoms with E-state index in [0.29, 0.717) is 36.2 Å². The monoisotopic (exact) mass is 383 g/mol. The van der Waals surface area contributed by atoms with Crippen molar-refractivity contribution in [3.63, 3.8) is 0 Å². The van der Waals surface area contributed by atoms with Crippen LogP contribution in [-0.2, 0) is 11.2 Å². The Hall–Kier alpha value is -2.61. The van der Waals surface area contributed by atoms with Crippen LogP contribution in [0.15, 0.2) is 34.3 Å². The quantitative estimate of drug-likeness (QED) is 0.672. The zero-order valence-corrected chi connectivity index (χ0v) is 16.0. The van der Waals surface area contributed by atoms with Crippen molar-refractivity contribution in [1.29, 1.82) is 0 Å². The largest absolute Gasteiger partial charge is 0.342 e. The summed E-state index contributed by atoms with van der Waals surface area (Å²) < 4.78 is 5.27. The fraction of sp³-hybridized carbons (Fsp3) is 0.421. The van der Waals surface area contributed by atoms with E-state index in [2.05, 4.69) is 25.5 Å². The molecule has 1 aliphatic rings. The van der Waals surface area contributed by atoms with Gasteiger partial charge in [-0.1, -0.05) is 11.2 Å². The predicted molar refractivity (Wildman–Crippen MR) is 101 cm³/mol. The Morgan fingerprint density at radius 3 is 3.07 bits per heavy atom. The molecule has 0 N–H and O–H groups in total. The van der Waals surface area contributed by atoms with Crippen LogP contribution in [0.5, 0.6) is 0 Å². The third-order valence-electron chi connectivity index (χ3n) is 4.67. The van der Waals surface area contributed by atoms with Gasteiger partial charge in [0.05, 0.1) is 5.01 Å². The van der Waals surface area contributed by atoms with E-state index in [9.17, 15) is 4.79 Å². The Labute approximate surface area is 161 Å². The zero-order chi connectivity index (χ0) is 18.6. The van der Waals surface area contributed by atoms with Crippen LogP contribution in [0.4, 0.5) is 0 Å². The maximum atomic E-state index is 12.6. The summed E-state index contributed by atoms with van der Waals surface area (Å²) in [6.45, 7) is 3.56. The number of carbonyl (C=O) groups is 1. The number of aromatic nitrogens is 4. The van der Waals surface area contributed by atoms with Crippen molar-refractivity contribution in [2.45, 2.75) is 38.5 Å². The van der Waals surface area contributed by atoms with Gasteiger partial charge in [-0.2, -0.15) is 4.98 Å². The number of likely N-dealkylation sites (tertiary alicyclic amines) is 1. The molecule has 0 spiro atoms. The van der Waals surface area contributed by atoms with Gasteiger partial charge in [0.2, 0.25) is 17.6 Å². The van der Waals surface area contributed by atoms with Crippen LogP contribution in [0.25, 0.3) is 11.5 Å². The molecule has 0 radical (unpaired) electrons. The second-order valence-corrected chi connectivity index (χ2v) is 7.62. The molecule has 1 aliphatic heterocycles. The summed E-state index contributed by atoms with van der Waals surface area (Å²) in [4.78, 5) is 27.7. The molecule has 4 heterocycles. The lowest BCUT2D eigenvalue weighted by atomic mass is 9.98. The highest BCUT2D eigenvalue weighted by Crippen LogP contribution is 2.29. The smallest absolute Gasteiger partial charge is 0.227 e. The highest BCUT2D eigenvalue weighted by Gasteiger charge is 2.26. The van der Waals surface area contributed by atoms with Crippen molar-refractivity contribution in [2.24, 2.45) is 0 Å². The molecule has 0 aliphatic carbocycles. The Balaban J connectivity index is 1.33. The van der Waals surface area contributed by atoms with Crippen LogP contribution in [0.3, 0.4) is 0 Å². The lowest BCUT2D eigenvalue weighted by Crippen LogP contribution is -2.39. The van der Waals surface area contributed by atoms with E-state index >= 15 is 0 Å². The van der Waals surface area contributed by atoms with Crippen LogP contribution in [0.2, 0.25) is 0 Å². The lowest BCUT2D eigenvalue weighted by molar-refractivity contribution is -0.132. The SMILES string of the molecule is Cc1csc(C2CCCN(C(=O)CCc3nc(-c4ccccn4)no3)C2)n1. The van der Waals surface area contributed by atoms with Crippen LogP contribution in [0.1, 0.15) is 41.8 Å². The van der Waals surface area contributed by atoms with Gasteiger partial charge in [0, 0.05) is 49.1 Å². The molecule has 8 heteroatoms. The van der Waals surface area contributed by atoms with Crippen LogP contribution in [-0.4, -0.2) is 44.0 Å². The molecule has 0 aromatic carbocycles. The first-order valence-corrected chi connectivity index (χ1v) is 10.0. The number of pyridine rings is 1. The molecular formula is C19H21N5O2S. The first kappa shape index (κ1) is 17.8. The number of hydrogen-bond acceptors (Lipinski definition) is 7. The van der Waals surface area contributed by atoms with Crippen molar-refractivity contribution in [2.75, 3.05) is 13.1 Å². The third kappa shape index (κ3) is 4.21. The zero-order valence-electron chi connectivity index (χ0n) is 15.2. The molecule has 1 saturated heterocycles. The Bertz CT molecular complexity index is 908. The molecule has 140 valence electrons. The number of hydrogen-bond donors (Lipinski definition) is 0. The molecule has 27 heavy (non-hydrogen) atoms. The van der Waals surface area contributed by atoms with Gasteiger partial charge in [-0.25, -0.2) is 4.98 Å². The highest BCUT2D eigenvalue weighted by atomic mass is 32.1. The second-order valence-electron chi connectivity index (χ2n) is 6.73. The van der Waals surface area contributed by atoms with Crippen LogP contribution >= 0.6 is 11.3 Å². The molecular weight excluding hydrogens is 362 g/mol. The molecule has 0 bridgehead atoms. The van der Waals surface area contributed by atoms with Crippen LogP contribution in [0, 0.1) is 6.92 Å². The van der Waals surface area contributed by atoms with Gasteiger partial charge in [-0.05, 0) is 31.9 Å². The summed E-state index contributed by atoms with van der Waals surface area (Å²) in [5.74, 6) is 1.40. The molecule has 4 rings (SSSR count). The highest BCUT2D eigenvalue weighted by molar-refractivity contribution is 7.09. The minimum absolute atomic E-state index is 0.130. The van der Waals surface area contributed by atoms with E-state index in [1.807, 2.05) is 30.0 Å². The summed E-state index contributed by atoms with van der Waals surface area (Å²) in [5.41, 5.74) is 1.72. The first-order chi connectivity index (χ1) is 13.2. The average Bonchev–Trinajstić information content (AvgIpc) is 3.36. The molecule has 7 nitrogen and oxygen atoms in total. The van der Waals surface area contributed by atoms with Crippen molar-refractivity contribution in [3.05, 3.63) is 46.4 Å². The average molecular weight is 383 g/mol. The van der Waals surface area contributed by atoms with E-state index in [1.165, 1.54) is 0 Å². The number of aryl methyl sites for hydroxylation is 2. The fourth-order valence-electron chi connectivity index (χ4n) is 3.29. The van der Waals surface area contributed by atoms with E-state index in [1.54, 1.807) is 17.5 Å². The Morgan fingerprint density at radius 2 is 2.30 bits per heavy atom. The number of carbonyl (C=O) groups excluding carboxylic acids is 1. The molecule has 3 aromatic rings. The Kier molecular flexibility index (Phi) is 5.24. The number of piperidine rings is 1. The minimum atomic E-state index is 0.130. The van der Waals surface area contributed by atoms with E-state index in [0.717, 1.165) is 36.6 Å². The van der Waals surface area contributed by atoms with E-state index in [4.69, 9.17) is 4.52 Å². The molecule has 1 fully saturated rings. The van der Waals surface area contributed by atoms with Crippen LogP contribution < -0.4 is 0 Å². The van der Waals surface area contributed by atoms with Gasteiger partial charge in [-0.3, -0.25) is 9.78 Å². The maximum Gasteiger partial charge on any atom is 0.227 e. The summed E-state index contributed by atoms with van der Waals surface area (Å²) in [5, 5.41) is 7.17. The molecule has 1 atom stereocenters. The first-order valence-electron chi connectivity index (χ1n) is 9.13. The summed E-state index contributed by atoms with van der Waals surface area (Å²) in [6.07, 6.45) is 4.60. The van der Waals surface area contributed by atoms with Gasteiger partial charge < -0.3 is 9.42 Å². The normalized spacial score (nSPS) is 17.2. The third-order valence-corrected chi connectivity index (χ3v) is 5.80. The molecule has 1 unspecified atom stereocenters. The fourth-order valence-corrected chi connectivity index (χ4v) is 4.22. The predicted octanol–water partition coefficient (Wildman–Crippen LogP) is 3.24. The Morgan fingerprint density at radius 1 is 1.37 bits per heavy atom. The minimum Gasteiger partial charge on any atom is -0.342 e. The lowest BCUT2D eigenvalue weighted by Gasteiger charge is -2.31. The standard InChI is InChI=1S/C19H21N5O2S/c1-13-12-27-19(21-13)14-5-4-10-24(11-14)17(25)8-7-16-22-18(23-26-16)15-6-2-3-9-20-15/h2-3,6,9,12,14H,4-5,7-8,10-11H2,1H3.